The maximum atomic E-state index is 11.6. The molecule has 2 nitrogen and oxygen atoms in total. The first-order chi connectivity index (χ1) is 7.04. The number of hydrogen-bond donors (Lipinski definition) is 1. The van der Waals surface area contributed by atoms with Crippen LogP contribution in [0.2, 0.25) is 5.02 Å². The molecule has 0 bridgehead atoms. The fraction of sp³-hybridized carbons (Fsp3) is 0.300. The third-order valence-corrected chi connectivity index (χ3v) is 3.72. The third kappa shape index (κ3) is 3.78. The van der Waals surface area contributed by atoms with Crippen molar-refractivity contribution in [3.63, 3.8) is 0 Å². The van der Waals surface area contributed by atoms with Gasteiger partial charge in [0.2, 0.25) is 5.91 Å². The van der Waals surface area contributed by atoms with Gasteiger partial charge in [-0.2, -0.15) is 0 Å². The molecule has 82 valence electrons. The van der Waals surface area contributed by atoms with Gasteiger partial charge in [-0.15, -0.1) is 0 Å². The predicted octanol–water partition coefficient (Wildman–Crippen LogP) is 4.21. The minimum atomic E-state index is -0.187. The number of alkyl halides is 1. The van der Waals surface area contributed by atoms with Gasteiger partial charge in [0.1, 0.15) is 0 Å². The van der Waals surface area contributed by atoms with Gasteiger partial charge < -0.3 is 5.32 Å². The van der Waals surface area contributed by atoms with E-state index in [0.717, 1.165) is 10.9 Å². The molecule has 0 aromatic heterocycles. The standard InChI is InChI=1S/C10H10Br2ClNO/c1-2-7(12)10(15)14-9-5-6(11)3-4-8(9)13/h3-5,7H,2H2,1H3,(H,14,15). The van der Waals surface area contributed by atoms with E-state index in [0.29, 0.717) is 10.7 Å². The first kappa shape index (κ1) is 13.0. The smallest absolute Gasteiger partial charge is 0.238 e. The Morgan fingerprint density at radius 2 is 2.27 bits per heavy atom. The van der Waals surface area contributed by atoms with E-state index >= 15 is 0 Å². The number of halogens is 3. The molecule has 0 saturated carbocycles. The summed E-state index contributed by atoms with van der Waals surface area (Å²) in [6, 6.07) is 5.33. The van der Waals surface area contributed by atoms with Crippen molar-refractivity contribution in [1.29, 1.82) is 0 Å². The minimum absolute atomic E-state index is 0.0856. The van der Waals surface area contributed by atoms with Crippen LogP contribution in [0.4, 0.5) is 5.69 Å². The van der Waals surface area contributed by atoms with E-state index < -0.39 is 0 Å². The molecule has 1 atom stereocenters. The van der Waals surface area contributed by atoms with Gasteiger partial charge in [-0.05, 0) is 24.6 Å². The molecule has 0 aliphatic carbocycles. The molecule has 0 fully saturated rings. The Kier molecular flexibility index (Phi) is 5.09. The number of rotatable bonds is 3. The van der Waals surface area contributed by atoms with Gasteiger partial charge >= 0.3 is 0 Å². The molecule has 1 rings (SSSR count). The van der Waals surface area contributed by atoms with Crippen LogP contribution in [0.5, 0.6) is 0 Å². The zero-order valence-electron chi connectivity index (χ0n) is 8.06. The molecule has 0 radical (unpaired) electrons. The monoisotopic (exact) mass is 353 g/mol. The molecule has 1 aromatic rings. The second-order valence-electron chi connectivity index (χ2n) is 2.99. The van der Waals surface area contributed by atoms with Gasteiger partial charge in [-0.25, -0.2) is 0 Å². The van der Waals surface area contributed by atoms with Crippen LogP contribution in [-0.2, 0) is 4.79 Å². The predicted molar refractivity (Wildman–Crippen MR) is 70.8 cm³/mol. The fourth-order valence-electron chi connectivity index (χ4n) is 0.990. The van der Waals surface area contributed by atoms with E-state index in [4.69, 9.17) is 11.6 Å². The SMILES string of the molecule is CCC(Br)C(=O)Nc1cc(Br)ccc1Cl. The number of hydrogen-bond acceptors (Lipinski definition) is 1. The molecule has 1 N–H and O–H groups in total. The van der Waals surface area contributed by atoms with E-state index in [2.05, 4.69) is 37.2 Å². The molecule has 0 aliphatic rings. The van der Waals surface area contributed by atoms with Crippen LogP contribution in [-0.4, -0.2) is 10.7 Å². The number of carbonyl (C=O) groups is 1. The summed E-state index contributed by atoms with van der Waals surface area (Å²) >= 11 is 12.5. The summed E-state index contributed by atoms with van der Waals surface area (Å²) < 4.78 is 0.879. The van der Waals surface area contributed by atoms with Crippen molar-refractivity contribution in [2.75, 3.05) is 5.32 Å². The lowest BCUT2D eigenvalue weighted by molar-refractivity contribution is -0.115. The van der Waals surface area contributed by atoms with Gasteiger partial charge in [0, 0.05) is 4.47 Å². The molecule has 0 spiro atoms. The van der Waals surface area contributed by atoms with Gasteiger partial charge in [-0.3, -0.25) is 4.79 Å². The maximum Gasteiger partial charge on any atom is 0.238 e. The quantitative estimate of drug-likeness (QED) is 0.809. The average molecular weight is 355 g/mol. The summed E-state index contributed by atoms with van der Waals surface area (Å²) in [5.41, 5.74) is 0.619. The van der Waals surface area contributed by atoms with Crippen molar-refractivity contribution in [3.05, 3.63) is 27.7 Å². The number of nitrogens with one attached hydrogen (secondary N) is 1. The average Bonchev–Trinajstić information content (AvgIpc) is 2.22. The Morgan fingerprint density at radius 3 is 2.87 bits per heavy atom. The van der Waals surface area contributed by atoms with Crippen molar-refractivity contribution in [3.8, 4) is 0 Å². The molecule has 0 saturated heterocycles. The molecule has 0 aliphatic heterocycles. The van der Waals surface area contributed by atoms with E-state index in [1.807, 2.05) is 13.0 Å². The lowest BCUT2D eigenvalue weighted by atomic mass is 10.3. The molecular weight excluding hydrogens is 345 g/mol. The minimum Gasteiger partial charge on any atom is -0.324 e. The Labute approximate surface area is 111 Å². The van der Waals surface area contributed by atoms with Crippen molar-refractivity contribution in [2.24, 2.45) is 0 Å². The van der Waals surface area contributed by atoms with Gasteiger partial charge in [-0.1, -0.05) is 50.4 Å². The van der Waals surface area contributed by atoms with Crippen molar-refractivity contribution in [1.82, 2.24) is 0 Å². The van der Waals surface area contributed by atoms with Crippen LogP contribution >= 0.6 is 43.5 Å². The molecule has 1 unspecified atom stereocenters. The van der Waals surface area contributed by atoms with Crippen LogP contribution < -0.4 is 5.32 Å². The lowest BCUT2D eigenvalue weighted by Gasteiger charge is -2.10. The Balaban J connectivity index is 2.80. The highest BCUT2D eigenvalue weighted by Crippen LogP contribution is 2.26. The summed E-state index contributed by atoms with van der Waals surface area (Å²) in [5.74, 6) is -0.0856. The largest absolute Gasteiger partial charge is 0.324 e. The lowest BCUT2D eigenvalue weighted by Crippen LogP contribution is -2.22. The van der Waals surface area contributed by atoms with Crippen LogP contribution in [0, 0.1) is 0 Å². The molecule has 15 heavy (non-hydrogen) atoms. The van der Waals surface area contributed by atoms with Crippen LogP contribution in [0.1, 0.15) is 13.3 Å². The number of amides is 1. The summed E-state index contributed by atoms with van der Waals surface area (Å²) in [6.45, 7) is 1.93. The zero-order valence-corrected chi connectivity index (χ0v) is 12.0. The molecule has 5 heteroatoms. The van der Waals surface area contributed by atoms with Crippen molar-refractivity contribution in [2.45, 2.75) is 18.2 Å². The van der Waals surface area contributed by atoms with Gasteiger partial charge in [0.15, 0.2) is 0 Å². The van der Waals surface area contributed by atoms with Crippen molar-refractivity contribution >= 4 is 55.1 Å². The van der Waals surface area contributed by atoms with Crippen LogP contribution in [0.3, 0.4) is 0 Å². The number of benzene rings is 1. The normalized spacial score (nSPS) is 12.3. The van der Waals surface area contributed by atoms with E-state index in [-0.39, 0.29) is 10.7 Å². The summed E-state index contributed by atoms with van der Waals surface area (Å²) in [4.78, 5) is 11.4. The number of anilines is 1. The maximum absolute atomic E-state index is 11.6. The second kappa shape index (κ2) is 5.87. The van der Waals surface area contributed by atoms with Gasteiger partial charge in [0.25, 0.3) is 0 Å². The van der Waals surface area contributed by atoms with Crippen LogP contribution in [0.25, 0.3) is 0 Å². The van der Waals surface area contributed by atoms with Crippen molar-refractivity contribution < 1.29 is 4.79 Å². The molecular formula is C10H10Br2ClNO. The molecule has 0 heterocycles. The zero-order chi connectivity index (χ0) is 11.4. The fourth-order valence-corrected chi connectivity index (χ4v) is 1.63. The Hall–Kier alpha value is -0.0600. The highest BCUT2D eigenvalue weighted by atomic mass is 79.9. The highest BCUT2D eigenvalue weighted by molar-refractivity contribution is 9.10. The second-order valence-corrected chi connectivity index (χ2v) is 5.42. The highest BCUT2D eigenvalue weighted by Gasteiger charge is 2.13. The van der Waals surface area contributed by atoms with E-state index in [1.54, 1.807) is 12.1 Å². The van der Waals surface area contributed by atoms with E-state index in [1.165, 1.54) is 0 Å². The van der Waals surface area contributed by atoms with E-state index in [9.17, 15) is 4.79 Å². The summed E-state index contributed by atoms with van der Waals surface area (Å²) in [6.07, 6.45) is 0.734. The molecule has 1 aromatic carbocycles. The first-order valence-electron chi connectivity index (χ1n) is 4.44. The van der Waals surface area contributed by atoms with Gasteiger partial charge in [0.05, 0.1) is 15.5 Å². The summed E-state index contributed by atoms with van der Waals surface area (Å²) in [7, 11) is 0. The summed E-state index contributed by atoms with van der Waals surface area (Å²) in [5, 5.41) is 3.28. The topological polar surface area (TPSA) is 29.1 Å². The first-order valence-corrected chi connectivity index (χ1v) is 6.53. The Bertz CT molecular complexity index is 370. The number of carbonyl (C=O) groups excluding carboxylic acids is 1. The molecule has 1 amide bonds. The third-order valence-electron chi connectivity index (χ3n) is 1.83. The van der Waals surface area contributed by atoms with Crippen LogP contribution in [0.15, 0.2) is 22.7 Å². The Morgan fingerprint density at radius 1 is 1.60 bits per heavy atom.